The molecule has 0 radical (unpaired) electrons. The molecule has 0 fully saturated rings. The van der Waals surface area contributed by atoms with Crippen molar-refractivity contribution < 1.29 is 14.6 Å². The Labute approximate surface area is 184 Å². The Bertz CT molecular complexity index is 770. The third kappa shape index (κ3) is 7.60. The SMILES string of the molecule is CC(C)OC(=O)N(C)Cc1cncc(Cl)c1CO.ClCc1c(Cl)cncc1Cl. The molecule has 0 aliphatic carbocycles. The van der Waals surface area contributed by atoms with Gasteiger partial charge in [0.1, 0.15) is 0 Å². The standard InChI is InChI=1S/C12H17ClN2O3.C6H4Cl3N/c1-8(2)18-12(17)15(3)6-9-4-14-5-11(13)10(9)7-16;7-1-4-5(8)2-10-3-6(4)9/h4-5,8,16H,6-7H2,1-3H3;2-3H,1H2. The topological polar surface area (TPSA) is 75.5 Å². The molecule has 0 aliphatic rings. The van der Waals surface area contributed by atoms with E-state index in [4.69, 9.17) is 51.1 Å². The van der Waals surface area contributed by atoms with Crippen molar-refractivity contribution in [3.05, 3.63) is 56.5 Å². The lowest BCUT2D eigenvalue weighted by atomic mass is 10.1. The average molecular weight is 469 g/mol. The van der Waals surface area contributed by atoms with Gasteiger partial charge in [0.05, 0.1) is 40.2 Å². The highest BCUT2D eigenvalue weighted by Crippen LogP contribution is 2.24. The van der Waals surface area contributed by atoms with Gasteiger partial charge >= 0.3 is 6.09 Å². The first-order valence-electron chi connectivity index (χ1n) is 8.18. The number of alkyl halides is 1. The molecule has 0 saturated carbocycles. The molecule has 0 atom stereocenters. The van der Waals surface area contributed by atoms with Crippen molar-refractivity contribution in [2.75, 3.05) is 7.05 Å². The van der Waals surface area contributed by atoms with Gasteiger partial charge in [0.15, 0.2) is 0 Å². The molecule has 0 saturated heterocycles. The van der Waals surface area contributed by atoms with Gasteiger partial charge in [0.25, 0.3) is 0 Å². The first-order valence-corrected chi connectivity index (χ1v) is 9.85. The van der Waals surface area contributed by atoms with Crippen molar-refractivity contribution in [3.8, 4) is 0 Å². The summed E-state index contributed by atoms with van der Waals surface area (Å²) in [7, 11) is 1.62. The summed E-state index contributed by atoms with van der Waals surface area (Å²) in [5.74, 6) is 0.320. The van der Waals surface area contributed by atoms with E-state index in [-0.39, 0.29) is 19.3 Å². The fourth-order valence-corrected chi connectivity index (χ4v) is 3.15. The number of nitrogens with zero attached hydrogens (tertiary/aromatic N) is 3. The van der Waals surface area contributed by atoms with Crippen LogP contribution in [0.4, 0.5) is 4.79 Å². The molecule has 28 heavy (non-hydrogen) atoms. The van der Waals surface area contributed by atoms with E-state index in [9.17, 15) is 9.90 Å². The van der Waals surface area contributed by atoms with E-state index in [0.717, 1.165) is 5.56 Å². The number of aliphatic hydroxyl groups excluding tert-OH is 1. The summed E-state index contributed by atoms with van der Waals surface area (Å²) < 4.78 is 5.06. The van der Waals surface area contributed by atoms with Crippen molar-refractivity contribution in [3.63, 3.8) is 0 Å². The van der Waals surface area contributed by atoms with Gasteiger partial charge in [-0.1, -0.05) is 34.8 Å². The number of pyridine rings is 2. The molecule has 10 heteroatoms. The third-order valence-corrected chi connectivity index (χ3v) is 4.64. The number of carbonyl (C=O) groups excluding carboxylic acids is 1. The number of amides is 1. The molecule has 154 valence electrons. The Kier molecular flexibility index (Phi) is 10.9. The Morgan fingerprint density at radius 3 is 2.00 bits per heavy atom. The second-order valence-corrected chi connectivity index (χ2v) is 7.41. The summed E-state index contributed by atoms with van der Waals surface area (Å²) in [5, 5.41) is 10.7. The van der Waals surface area contributed by atoms with Gasteiger partial charge in [-0.05, 0) is 19.4 Å². The van der Waals surface area contributed by atoms with Crippen LogP contribution in [0.15, 0.2) is 24.8 Å². The number of carbonyl (C=O) groups is 1. The number of rotatable bonds is 5. The quantitative estimate of drug-likeness (QED) is 0.600. The fourth-order valence-electron chi connectivity index (χ4n) is 1.99. The third-order valence-electron chi connectivity index (χ3n) is 3.39. The lowest BCUT2D eigenvalue weighted by Crippen LogP contribution is -2.29. The van der Waals surface area contributed by atoms with Gasteiger partial charge in [-0.15, -0.1) is 11.6 Å². The lowest BCUT2D eigenvalue weighted by Gasteiger charge is -2.20. The summed E-state index contributed by atoms with van der Waals surface area (Å²) >= 11 is 22.9. The average Bonchev–Trinajstić information content (AvgIpc) is 2.62. The molecule has 1 N–H and O–H groups in total. The van der Waals surface area contributed by atoms with E-state index in [1.165, 1.54) is 23.5 Å². The first kappa shape index (κ1) is 24.7. The van der Waals surface area contributed by atoms with Crippen LogP contribution in [0.2, 0.25) is 15.1 Å². The predicted octanol–water partition coefficient (Wildman–Crippen LogP) is 5.33. The molecule has 6 nitrogen and oxygen atoms in total. The van der Waals surface area contributed by atoms with Gasteiger partial charge < -0.3 is 14.7 Å². The van der Waals surface area contributed by atoms with Crippen LogP contribution in [0.3, 0.4) is 0 Å². The maximum Gasteiger partial charge on any atom is 0.410 e. The van der Waals surface area contributed by atoms with Crippen molar-refractivity contribution in [1.29, 1.82) is 0 Å². The van der Waals surface area contributed by atoms with Crippen LogP contribution in [0, 0.1) is 0 Å². The van der Waals surface area contributed by atoms with E-state index >= 15 is 0 Å². The highest BCUT2D eigenvalue weighted by atomic mass is 35.5. The number of aromatic nitrogens is 2. The fraction of sp³-hybridized carbons (Fsp3) is 0.389. The van der Waals surface area contributed by atoms with E-state index in [1.807, 2.05) is 0 Å². The second-order valence-electron chi connectivity index (χ2n) is 5.92. The van der Waals surface area contributed by atoms with Gasteiger partial charge in [-0.2, -0.15) is 0 Å². The molecule has 2 aromatic heterocycles. The highest BCUT2D eigenvalue weighted by molar-refractivity contribution is 6.36. The number of hydrogen-bond donors (Lipinski definition) is 1. The Balaban J connectivity index is 0.000000330. The van der Waals surface area contributed by atoms with Crippen LogP contribution in [0.5, 0.6) is 0 Å². The van der Waals surface area contributed by atoms with Crippen LogP contribution in [0.25, 0.3) is 0 Å². The zero-order valence-electron chi connectivity index (χ0n) is 15.6. The van der Waals surface area contributed by atoms with Gasteiger partial charge in [-0.3, -0.25) is 9.97 Å². The Morgan fingerprint density at radius 1 is 1.07 bits per heavy atom. The van der Waals surface area contributed by atoms with Crippen molar-refractivity contribution in [1.82, 2.24) is 14.9 Å². The summed E-state index contributed by atoms with van der Waals surface area (Å²) in [5.41, 5.74) is 2.02. The summed E-state index contributed by atoms with van der Waals surface area (Å²) in [6.45, 7) is 3.66. The van der Waals surface area contributed by atoms with Crippen molar-refractivity contribution in [2.45, 2.75) is 39.0 Å². The van der Waals surface area contributed by atoms with Crippen LogP contribution >= 0.6 is 46.4 Å². The van der Waals surface area contributed by atoms with E-state index in [0.29, 0.717) is 32.1 Å². The lowest BCUT2D eigenvalue weighted by molar-refractivity contribution is 0.0820. The molecule has 0 spiro atoms. The van der Waals surface area contributed by atoms with Gasteiger partial charge in [0.2, 0.25) is 0 Å². The monoisotopic (exact) mass is 467 g/mol. The zero-order valence-corrected chi connectivity index (χ0v) is 18.6. The molecule has 0 unspecified atom stereocenters. The van der Waals surface area contributed by atoms with E-state index in [1.54, 1.807) is 27.1 Å². The number of ether oxygens (including phenoxy) is 1. The minimum Gasteiger partial charge on any atom is -0.447 e. The maximum absolute atomic E-state index is 11.6. The smallest absolute Gasteiger partial charge is 0.410 e. The summed E-state index contributed by atoms with van der Waals surface area (Å²) in [6, 6.07) is 0. The largest absolute Gasteiger partial charge is 0.447 e. The molecule has 0 aromatic carbocycles. The molecule has 0 aliphatic heterocycles. The minimum atomic E-state index is -0.422. The van der Waals surface area contributed by atoms with Gasteiger partial charge in [0, 0.05) is 43.0 Å². The second kappa shape index (κ2) is 12.3. The molecule has 2 rings (SSSR count). The normalized spacial score (nSPS) is 10.3. The highest BCUT2D eigenvalue weighted by Gasteiger charge is 2.15. The number of aliphatic hydroxyl groups is 1. The summed E-state index contributed by atoms with van der Waals surface area (Å²) in [4.78, 5) is 20.8. The molecule has 2 aromatic rings. The van der Waals surface area contributed by atoms with Crippen molar-refractivity contribution in [2.24, 2.45) is 0 Å². The van der Waals surface area contributed by atoms with Crippen LogP contribution in [-0.4, -0.2) is 39.2 Å². The van der Waals surface area contributed by atoms with Crippen LogP contribution in [-0.2, 0) is 23.8 Å². The molecule has 0 bridgehead atoms. The zero-order chi connectivity index (χ0) is 21.3. The molecular formula is C18H21Cl4N3O3. The molecule has 1 amide bonds. The predicted molar refractivity (Wildman–Crippen MR) is 112 cm³/mol. The first-order chi connectivity index (χ1) is 13.2. The minimum absolute atomic E-state index is 0.172. The maximum atomic E-state index is 11.6. The number of hydrogen-bond acceptors (Lipinski definition) is 5. The molecular weight excluding hydrogens is 448 g/mol. The summed E-state index contributed by atoms with van der Waals surface area (Å²) in [6.07, 6.45) is 5.49. The van der Waals surface area contributed by atoms with Gasteiger partial charge in [-0.25, -0.2) is 4.79 Å². The van der Waals surface area contributed by atoms with Crippen LogP contribution in [0.1, 0.15) is 30.5 Å². The Hall–Kier alpha value is -1.31. The number of halogens is 4. The van der Waals surface area contributed by atoms with Crippen LogP contribution < -0.4 is 0 Å². The van der Waals surface area contributed by atoms with Crippen molar-refractivity contribution >= 4 is 52.5 Å². The van der Waals surface area contributed by atoms with E-state index < -0.39 is 6.09 Å². The van der Waals surface area contributed by atoms with E-state index in [2.05, 4.69) is 9.97 Å². The molecule has 2 heterocycles. The Morgan fingerprint density at radius 2 is 1.57 bits per heavy atom.